The predicted molar refractivity (Wildman–Crippen MR) is 246 cm³/mol. The van der Waals surface area contributed by atoms with Gasteiger partial charge in [-0.15, -0.1) is 4.33 Å². The van der Waals surface area contributed by atoms with Crippen LogP contribution in [0.2, 0.25) is 0 Å². The molecule has 2 aromatic heterocycles. The summed E-state index contributed by atoms with van der Waals surface area (Å²) in [5.41, 5.74) is 1.59. The molecule has 4 aliphatic heterocycles. The largest absolute Gasteiger partial charge is 0.395 e. The van der Waals surface area contributed by atoms with Crippen LogP contribution >= 0.6 is 12.0 Å². The molecule has 4 aliphatic rings. The number of aliphatic hydroxyl groups excluding tert-OH is 2. The second kappa shape index (κ2) is 22.6. The van der Waals surface area contributed by atoms with Crippen molar-refractivity contribution in [1.82, 2.24) is 39.7 Å². The Morgan fingerprint density at radius 1 is 0.606 bits per heavy atom. The first kappa shape index (κ1) is 47.4. The second-order valence-corrected chi connectivity index (χ2v) is 17.7. The van der Waals surface area contributed by atoms with Gasteiger partial charge in [-0.3, -0.25) is 14.4 Å². The fraction of sp³-hybridized carbons (Fsp3) is 0.500. The third-order valence-corrected chi connectivity index (χ3v) is 12.9. The summed E-state index contributed by atoms with van der Waals surface area (Å²) in [6, 6.07) is 9.72. The molecule has 0 unspecified atom stereocenters. The summed E-state index contributed by atoms with van der Waals surface area (Å²) in [5, 5.41) is 38.2. The Labute approximate surface area is 386 Å². The number of nitrogens with one attached hydrogen (secondary N) is 2. The summed E-state index contributed by atoms with van der Waals surface area (Å²) in [4.78, 5) is 41.1. The number of nitrogens with zero attached hydrogens (tertiary/aromatic N) is 12. The van der Waals surface area contributed by atoms with Crippen LogP contribution in [0.3, 0.4) is 0 Å². The first-order valence-electron chi connectivity index (χ1n) is 21.6. The normalized spacial score (nSPS) is 18.1. The lowest BCUT2D eigenvalue weighted by molar-refractivity contribution is -0.432. The van der Waals surface area contributed by atoms with Crippen LogP contribution in [0.1, 0.15) is 11.1 Å². The van der Waals surface area contributed by atoms with E-state index in [0.29, 0.717) is 155 Å². The molecule has 356 valence electrons. The van der Waals surface area contributed by atoms with Gasteiger partial charge in [0.25, 0.3) is 10.1 Å². The Balaban J connectivity index is 1.03. The van der Waals surface area contributed by atoms with E-state index in [0.717, 1.165) is 26.2 Å². The van der Waals surface area contributed by atoms with Crippen LogP contribution in [0, 0.1) is 0 Å². The Hall–Kier alpha value is -5.10. The molecule has 2 aromatic carbocycles. The summed E-state index contributed by atoms with van der Waals surface area (Å²) in [6.07, 6.45) is 3.16. The summed E-state index contributed by atoms with van der Waals surface area (Å²) in [6.45, 7) is 11.5. The number of hydrogen-bond acceptors (Lipinski definition) is 24. The molecule has 4 fully saturated rings. The van der Waals surface area contributed by atoms with Crippen molar-refractivity contribution < 1.29 is 47.3 Å². The number of aromatic nitrogens is 6. The van der Waals surface area contributed by atoms with Crippen molar-refractivity contribution in [3.63, 3.8) is 0 Å². The number of hydrogen-bond donors (Lipinski definition) is 6. The van der Waals surface area contributed by atoms with Gasteiger partial charge in [-0.1, -0.05) is 29.3 Å². The molecule has 26 heteroatoms. The number of rotatable bonds is 18. The lowest BCUT2D eigenvalue weighted by Gasteiger charge is -2.35. The predicted octanol–water partition coefficient (Wildman–Crippen LogP) is 1.29. The molecule has 4 saturated heterocycles. The highest BCUT2D eigenvalue weighted by molar-refractivity contribution is 7.94. The number of anilines is 8. The van der Waals surface area contributed by atoms with E-state index >= 15 is 0 Å². The van der Waals surface area contributed by atoms with Crippen LogP contribution in [0.15, 0.2) is 46.2 Å². The lowest BCUT2D eigenvalue weighted by atomic mass is 10.1. The summed E-state index contributed by atoms with van der Waals surface area (Å²) < 4.78 is 52.1. The van der Waals surface area contributed by atoms with Gasteiger partial charge in [0.2, 0.25) is 35.7 Å². The quantitative estimate of drug-likeness (QED) is 0.0270. The van der Waals surface area contributed by atoms with E-state index in [1.807, 2.05) is 14.7 Å². The lowest BCUT2D eigenvalue weighted by Crippen LogP contribution is -2.48. The first-order valence-corrected chi connectivity index (χ1v) is 23.8. The Morgan fingerprint density at radius 2 is 1.03 bits per heavy atom. The number of morpholine rings is 2. The Kier molecular flexibility index (Phi) is 16.2. The van der Waals surface area contributed by atoms with Crippen LogP contribution in [-0.4, -0.2) is 199 Å². The topological polar surface area (TPSA) is 273 Å². The van der Waals surface area contributed by atoms with Gasteiger partial charge in [-0.2, -0.15) is 38.3 Å². The van der Waals surface area contributed by atoms with Gasteiger partial charge in [-0.25, -0.2) is 5.26 Å². The molecule has 0 saturated carbocycles. The van der Waals surface area contributed by atoms with Crippen molar-refractivity contribution in [2.24, 2.45) is 0 Å². The zero-order valence-electron chi connectivity index (χ0n) is 36.2. The van der Waals surface area contributed by atoms with Crippen molar-refractivity contribution in [3.8, 4) is 0 Å². The Morgan fingerprint density at radius 3 is 1.47 bits per heavy atom. The fourth-order valence-electron chi connectivity index (χ4n) is 7.82. The molecular weight excluding hydrogens is 901 g/mol. The zero-order valence-corrected chi connectivity index (χ0v) is 37.8. The molecule has 0 aliphatic carbocycles. The standard InChI is InChI=1S/C40H54N14O10S2/c55-21-15-49-7-11-51(12-8-49)37-43-35(45-39(47-37)53-17-23-61-24-18-53)41-31-5-3-29(33(27-31)65-64-63-57)1-2-30-4-6-32(28-34(30)66(58,59)60)42-36-44-38(52-13-9-50(10-14-52)16-22-56)48-40(46-36)54-19-25-62-26-20-54/h1-6,27-28,55-57H,7-26H2,(H,58,59,60)(H,41,43,45,47)(H,42,44,46,48)/b2-1+. The maximum absolute atomic E-state index is 12.9. The fourth-order valence-corrected chi connectivity index (χ4v) is 9.04. The molecule has 8 rings (SSSR count). The smallest absolute Gasteiger partial charge is 0.295 e. The van der Waals surface area contributed by atoms with Crippen LogP contribution in [0.5, 0.6) is 0 Å². The molecule has 4 aromatic rings. The van der Waals surface area contributed by atoms with Crippen molar-refractivity contribution in [3.05, 3.63) is 47.5 Å². The number of β-amino-alcohol motifs (C(OH)–C–C–N with tert-alkyl or cyclic N) is 2. The van der Waals surface area contributed by atoms with Crippen LogP contribution in [-0.2, 0) is 29.0 Å². The Bertz CT molecular complexity index is 2380. The molecule has 0 bridgehead atoms. The number of aliphatic hydroxyl groups is 2. The summed E-state index contributed by atoms with van der Waals surface area (Å²) in [5.74, 6) is 2.41. The van der Waals surface area contributed by atoms with E-state index in [-0.39, 0.29) is 29.6 Å². The van der Waals surface area contributed by atoms with E-state index in [1.54, 1.807) is 36.4 Å². The average Bonchev–Trinajstić information content (AvgIpc) is 3.34. The highest BCUT2D eigenvalue weighted by atomic mass is 32.2. The van der Waals surface area contributed by atoms with Crippen LogP contribution in [0.25, 0.3) is 12.2 Å². The highest BCUT2D eigenvalue weighted by Crippen LogP contribution is 2.32. The van der Waals surface area contributed by atoms with Gasteiger partial charge in [0.05, 0.1) is 51.7 Å². The molecule has 6 heterocycles. The van der Waals surface area contributed by atoms with Gasteiger partial charge >= 0.3 is 0 Å². The molecule has 0 spiro atoms. The van der Waals surface area contributed by atoms with E-state index < -0.39 is 10.1 Å². The van der Waals surface area contributed by atoms with E-state index in [9.17, 15) is 23.2 Å². The first-order chi connectivity index (χ1) is 32.1. The van der Waals surface area contributed by atoms with Gasteiger partial charge in [0, 0.05) is 108 Å². The summed E-state index contributed by atoms with van der Waals surface area (Å²) >= 11 is 0.709. The van der Waals surface area contributed by atoms with Crippen molar-refractivity contribution in [2.45, 2.75) is 9.79 Å². The second-order valence-electron chi connectivity index (χ2n) is 15.6. The van der Waals surface area contributed by atoms with Gasteiger partial charge in [0.15, 0.2) is 0 Å². The SMILES string of the molecule is O=S(=O)(O)c1cc(Nc2nc(N3CCOCC3)nc(N3CCN(CCO)CC3)n2)ccc1/C=C/c1ccc(Nc2nc(N3CCOCC3)nc(N3CCN(CCO)CC3)n2)cc1SOOO. The third kappa shape index (κ3) is 12.5. The van der Waals surface area contributed by atoms with Crippen LogP contribution < -0.4 is 30.2 Å². The van der Waals surface area contributed by atoms with Crippen molar-refractivity contribution in [2.75, 3.05) is 162 Å². The highest BCUT2D eigenvalue weighted by Gasteiger charge is 2.25. The van der Waals surface area contributed by atoms with E-state index in [2.05, 4.69) is 35.4 Å². The zero-order chi connectivity index (χ0) is 45.9. The minimum absolute atomic E-state index is 0.0798. The molecule has 24 nitrogen and oxygen atoms in total. The molecule has 0 amide bonds. The minimum Gasteiger partial charge on any atom is -0.395 e. The van der Waals surface area contributed by atoms with Crippen molar-refractivity contribution >= 4 is 81.4 Å². The molecule has 66 heavy (non-hydrogen) atoms. The maximum atomic E-state index is 12.9. The molecule has 0 atom stereocenters. The van der Waals surface area contributed by atoms with Gasteiger partial charge in [-0.05, 0) is 35.4 Å². The molecular formula is C40H54N14O10S2. The molecule has 0 radical (unpaired) electrons. The number of benzene rings is 2. The monoisotopic (exact) mass is 954 g/mol. The number of piperazine rings is 2. The maximum Gasteiger partial charge on any atom is 0.295 e. The third-order valence-electron chi connectivity index (χ3n) is 11.4. The van der Waals surface area contributed by atoms with Crippen LogP contribution in [0.4, 0.5) is 47.1 Å². The van der Waals surface area contributed by atoms with Gasteiger partial charge < -0.3 is 49.9 Å². The average molecular weight is 955 g/mol. The number of ether oxygens (including phenoxy) is 2. The van der Waals surface area contributed by atoms with E-state index in [1.165, 1.54) is 12.1 Å². The summed E-state index contributed by atoms with van der Waals surface area (Å²) in [7, 11) is -4.74. The molecule has 6 N–H and O–H groups in total. The minimum atomic E-state index is -4.74. The van der Waals surface area contributed by atoms with Crippen molar-refractivity contribution in [1.29, 1.82) is 0 Å². The van der Waals surface area contributed by atoms with Gasteiger partial charge in [0.1, 0.15) is 4.90 Å². The van der Waals surface area contributed by atoms with E-state index in [4.69, 9.17) is 44.0 Å².